The van der Waals surface area contributed by atoms with Crippen LogP contribution in [0.1, 0.15) is 26.3 Å². The van der Waals surface area contributed by atoms with Gasteiger partial charge in [0.2, 0.25) is 12.4 Å². The number of nitrogens with zero attached hydrogens (tertiary/aromatic N) is 4. The Morgan fingerprint density at radius 3 is 2.58 bits per heavy atom. The molecule has 0 unspecified atom stereocenters. The van der Waals surface area contributed by atoms with Crippen LogP contribution < -0.4 is 9.47 Å². The summed E-state index contributed by atoms with van der Waals surface area (Å²) in [6.07, 6.45) is 3.13. The van der Waals surface area contributed by atoms with Crippen LogP contribution in [0.5, 0.6) is 5.75 Å². The monoisotopic (exact) mass is 391 g/mol. The van der Waals surface area contributed by atoms with E-state index in [4.69, 9.17) is 4.74 Å². The molecule has 7 heteroatoms. The minimum atomic E-state index is 0.124. The zero-order valence-electron chi connectivity index (χ0n) is 13.9. The van der Waals surface area contributed by atoms with Crippen molar-refractivity contribution in [1.29, 1.82) is 0 Å². The van der Waals surface area contributed by atoms with Crippen LogP contribution in [0.2, 0.25) is 0 Å². The van der Waals surface area contributed by atoms with Gasteiger partial charge in [-0.2, -0.15) is 0 Å². The Morgan fingerprint density at radius 1 is 1.21 bits per heavy atom. The van der Waals surface area contributed by atoms with Crippen molar-refractivity contribution in [2.24, 2.45) is 5.41 Å². The molecule has 1 N–H and O–H groups in total. The van der Waals surface area contributed by atoms with Gasteiger partial charge in [-0.05, 0) is 33.5 Å². The lowest BCUT2D eigenvalue weighted by Gasteiger charge is -2.18. The van der Waals surface area contributed by atoms with E-state index in [1.165, 1.54) is 0 Å². The number of hydrogen-bond donors (Lipinski definition) is 1. The fraction of sp³-hybridized carbons (Fsp3) is 0.353. The van der Waals surface area contributed by atoms with Crippen molar-refractivity contribution < 1.29 is 14.7 Å². The second kappa shape index (κ2) is 6.39. The largest absolute Gasteiger partial charge is 0.488 e. The lowest BCUT2D eigenvalue weighted by atomic mass is 9.97. The highest BCUT2D eigenvalue weighted by Gasteiger charge is 2.17. The van der Waals surface area contributed by atoms with Crippen molar-refractivity contribution in [3.05, 3.63) is 46.7 Å². The standard InChI is InChI=1S/C17H20BrN4O2/c1-17(2,3)11-22-13-4-5-14(15(18)16(13)19-20-22)24-10-12-6-8-21(23)9-7-12/h4-9,23H,10-11H2,1-3H3/q+1. The highest BCUT2D eigenvalue weighted by molar-refractivity contribution is 9.10. The topological polar surface area (TPSA) is 64.0 Å². The lowest BCUT2D eigenvalue weighted by molar-refractivity contribution is -0.904. The van der Waals surface area contributed by atoms with Crippen LogP contribution in [0.3, 0.4) is 0 Å². The number of halogens is 1. The molecular formula is C17H20BrN4O2+. The molecule has 3 rings (SSSR count). The number of benzene rings is 1. The maximum atomic E-state index is 9.24. The maximum Gasteiger partial charge on any atom is 0.222 e. The summed E-state index contributed by atoms with van der Waals surface area (Å²) in [6, 6.07) is 7.50. The molecular weight excluding hydrogens is 372 g/mol. The SMILES string of the molecule is CC(C)(C)Cn1nnc2c(Br)c(OCc3cc[n+](O)cc3)ccc21. The van der Waals surface area contributed by atoms with Crippen molar-refractivity contribution in [2.75, 3.05) is 0 Å². The first-order chi connectivity index (χ1) is 11.3. The highest BCUT2D eigenvalue weighted by atomic mass is 79.9. The van der Waals surface area contributed by atoms with Crippen molar-refractivity contribution in [1.82, 2.24) is 15.0 Å². The Hall–Kier alpha value is -2.15. The van der Waals surface area contributed by atoms with Crippen molar-refractivity contribution >= 4 is 27.0 Å². The van der Waals surface area contributed by atoms with E-state index < -0.39 is 0 Å². The summed E-state index contributed by atoms with van der Waals surface area (Å²) in [5, 5.41) is 17.8. The van der Waals surface area contributed by atoms with Gasteiger partial charge in [-0.25, -0.2) is 4.68 Å². The number of rotatable bonds is 4. The van der Waals surface area contributed by atoms with Crippen LogP contribution in [0.15, 0.2) is 41.1 Å². The minimum absolute atomic E-state index is 0.124. The Bertz CT molecular complexity index is 853. The molecule has 2 aromatic heterocycles. The smallest absolute Gasteiger partial charge is 0.222 e. The van der Waals surface area contributed by atoms with Crippen LogP contribution in [0.4, 0.5) is 0 Å². The summed E-state index contributed by atoms with van der Waals surface area (Å²) in [6.45, 7) is 7.71. The maximum absolute atomic E-state index is 9.24. The fourth-order valence-corrected chi connectivity index (χ4v) is 2.90. The number of pyridine rings is 1. The molecule has 0 spiro atoms. The van der Waals surface area contributed by atoms with Crippen molar-refractivity contribution in [3.8, 4) is 5.75 Å². The Morgan fingerprint density at radius 2 is 1.92 bits per heavy atom. The van der Waals surface area contributed by atoms with Gasteiger partial charge in [-0.1, -0.05) is 26.0 Å². The third-order valence-electron chi connectivity index (χ3n) is 3.49. The molecule has 0 bridgehead atoms. The van der Waals surface area contributed by atoms with Gasteiger partial charge in [0.15, 0.2) is 0 Å². The molecule has 6 nitrogen and oxygen atoms in total. The second-order valence-corrected chi connectivity index (χ2v) is 7.72. The lowest BCUT2D eigenvalue weighted by Crippen LogP contribution is -2.28. The van der Waals surface area contributed by atoms with Gasteiger partial charge in [0, 0.05) is 29.0 Å². The van der Waals surface area contributed by atoms with Crippen molar-refractivity contribution in [3.63, 3.8) is 0 Å². The van der Waals surface area contributed by atoms with Gasteiger partial charge < -0.3 is 4.74 Å². The first kappa shape index (κ1) is 16.7. The first-order valence-corrected chi connectivity index (χ1v) is 8.47. The van der Waals surface area contributed by atoms with Gasteiger partial charge in [0.1, 0.15) is 17.9 Å². The normalized spacial score (nSPS) is 11.8. The fourth-order valence-electron chi connectivity index (χ4n) is 2.37. The van der Waals surface area contributed by atoms with E-state index in [-0.39, 0.29) is 5.41 Å². The summed E-state index contributed by atoms with van der Waals surface area (Å²) in [7, 11) is 0. The quantitative estimate of drug-likeness (QED) is 0.547. The molecule has 0 amide bonds. The number of ether oxygens (including phenoxy) is 1. The molecule has 1 aromatic carbocycles. The second-order valence-electron chi connectivity index (χ2n) is 6.93. The zero-order chi connectivity index (χ0) is 17.3. The van der Waals surface area contributed by atoms with Crippen LogP contribution in [0, 0.1) is 5.41 Å². The molecule has 0 saturated carbocycles. The Labute approximate surface area is 148 Å². The summed E-state index contributed by atoms with van der Waals surface area (Å²) >= 11 is 3.58. The van der Waals surface area contributed by atoms with Crippen LogP contribution in [-0.2, 0) is 13.2 Å². The average Bonchev–Trinajstić information content (AvgIpc) is 2.90. The molecule has 126 valence electrons. The molecule has 0 saturated heterocycles. The third kappa shape index (κ3) is 3.67. The average molecular weight is 392 g/mol. The molecule has 0 atom stereocenters. The number of fused-ring (bicyclic) bond motifs is 1. The van der Waals surface area contributed by atoms with E-state index in [1.807, 2.05) is 16.8 Å². The van der Waals surface area contributed by atoms with E-state index in [0.29, 0.717) is 12.4 Å². The molecule has 0 aliphatic carbocycles. The first-order valence-electron chi connectivity index (χ1n) is 7.67. The van der Waals surface area contributed by atoms with Gasteiger partial charge in [-0.3, -0.25) is 5.21 Å². The van der Waals surface area contributed by atoms with Crippen LogP contribution in [-0.4, -0.2) is 20.2 Å². The van der Waals surface area contributed by atoms with Gasteiger partial charge in [-0.15, -0.1) is 5.10 Å². The Balaban J connectivity index is 1.82. The van der Waals surface area contributed by atoms with E-state index >= 15 is 0 Å². The van der Waals surface area contributed by atoms with E-state index in [2.05, 4.69) is 47.0 Å². The molecule has 0 aliphatic heterocycles. The molecule has 0 aliphatic rings. The molecule has 0 fully saturated rings. The highest BCUT2D eigenvalue weighted by Crippen LogP contribution is 2.33. The van der Waals surface area contributed by atoms with E-state index in [0.717, 1.165) is 32.3 Å². The molecule has 24 heavy (non-hydrogen) atoms. The predicted octanol–water partition coefficient (Wildman–Crippen LogP) is 3.34. The molecule has 3 aromatic rings. The number of aromatic nitrogens is 4. The van der Waals surface area contributed by atoms with Gasteiger partial charge >= 0.3 is 0 Å². The molecule has 2 heterocycles. The van der Waals surface area contributed by atoms with E-state index in [9.17, 15) is 5.21 Å². The summed E-state index contributed by atoms with van der Waals surface area (Å²) in [5.41, 5.74) is 2.85. The van der Waals surface area contributed by atoms with Crippen molar-refractivity contribution in [2.45, 2.75) is 33.9 Å². The summed E-state index contributed by atoms with van der Waals surface area (Å²) in [5.74, 6) is 0.714. The summed E-state index contributed by atoms with van der Waals surface area (Å²) < 4.78 is 9.58. The third-order valence-corrected chi connectivity index (χ3v) is 4.26. The summed E-state index contributed by atoms with van der Waals surface area (Å²) in [4.78, 5) is 0. The predicted molar refractivity (Wildman–Crippen MR) is 92.8 cm³/mol. The van der Waals surface area contributed by atoms with Crippen LogP contribution in [0.25, 0.3) is 11.0 Å². The zero-order valence-corrected chi connectivity index (χ0v) is 15.5. The minimum Gasteiger partial charge on any atom is -0.488 e. The molecule has 0 radical (unpaired) electrons. The van der Waals surface area contributed by atoms with E-state index in [1.54, 1.807) is 24.5 Å². The Kier molecular flexibility index (Phi) is 4.45. The van der Waals surface area contributed by atoms with Gasteiger partial charge in [0.05, 0.1) is 9.99 Å². The number of hydrogen-bond acceptors (Lipinski definition) is 4. The van der Waals surface area contributed by atoms with Crippen LogP contribution >= 0.6 is 15.9 Å². The van der Waals surface area contributed by atoms with Gasteiger partial charge in [0.25, 0.3) is 0 Å².